The highest BCUT2D eigenvalue weighted by Gasteiger charge is 2.22. The summed E-state index contributed by atoms with van der Waals surface area (Å²) in [5.74, 6) is 1.63. The third-order valence-electron chi connectivity index (χ3n) is 4.64. The van der Waals surface area contributed by atoms with Crippen molar-refractivity contribution in [2.75, 3.05) is 20.2 Å². The summed E-state index contributed by atoms with van der Waals surface area (Å²) in [5, 5.41) is 0. The SMILES string of the molecule is CCCC1CCN(C(=O)CCC(=O)c2ccc(OC)cc2)CC1. The zero-order chi connectivity index (χ0) is 16.7. The summed E-state index contributed by atoms with van der Waals surface area (Å²) in [6.07, 6.45) is 5.27. The summed E-state index contributed by atoms with van der Waals surface area (Å²) < 4.78 is 5.08. The molecule has 1 amide bonds. The Morgan fingerprint density at radius 3 is 2.35 bits per heavy atom. The van der Waals surface area contributed by atoms with E-state index in [0.29, 0.717) is 12.0 Å². The van der Waals surface area contributed by atoms with Crippen LogP contribution in [0.5, 0.6) is 5.75 Å². The molecule has 1 aliphatic heterocycles. The number of amides is 1. The van der Waals surface area contributed by atoms with Crippen LogP contribution in [0.2, 0.25) is 0 Å². The molecule has 2 rings (SSSR count). The van der Waals surface area contributed by atoms with E-state index in [4.69, 9.17) is 4.74 Å². The van der Waals surface area contributed by atoms with E-state index in [-0.39, 0.29) is 18.1 Å². The molecule has 1 aromatic rings. The summed E-state index contributed by atoms with van der Waals surface area (Å²) in [7, 11) is 1.60. The monoisotopic (exact) mass is 317 g/mol. The molecule has 0 unspecified atom stereocenters. The van der Waals surface area contributed by atoms with Crippen LogP contribution < -0.4 is 4.74 Å². The van der Waals surface area contributed by atoms with Gasteiger partial charge in [0.2, 0.25) is 5.91 Å². The number of carbonyl (C=O) groups excluding carboxylic acids is 2. The van der Waals surface area contributed by atoms with Crippen LogP contribution in [-0.4, -0.2) is 36.8 Å². The maximum Gasteiger partial charge on any atom is 0.223 e. The van der Waals surface area contributed by atoms with Crippen LogP contribution in [0.1, 0.15) is 55.8 Å². The molecule has 1 heterocycles. The Labute approximate surface area is 138 Å². The number of carbonyl (C=O) groups is 2. The van der Waals surface area contributed by atoms with E-state index in [0.717, 1.165) is 37.6 Å². The molecule has 4 heteroatoms. The molecular formula is C19H27NO3. The lowest BCUT2D eigenvalue weighted by molar-refractivity contribution is -0.132. The van der Waals surface area contributed by atoms with Crippen LogP contribution >= 0.6 is 0 Å². The van der Waals surface area contributed by atoms with Gasteiger partial charge in [-0.3, -0.25) is 9.59 Å². The van der Waals surface area contributed by atoms with E-state index in [1.54, 1.807) is 31.4 Å². The van der Waals surface area contributed by atoms with E-state index in [2.05, 4.69) is 6.92 Å². The van der Waals surface area contributed by atoms with Crippen LogP contribution in [0.4, 0.5) is 0 Å². The number of piperidine rings is 1. The van der Waals surface area contributed by atoms with Crippen molar-refractivity contribution in [3.63, 3.8) is 0 Å². The summed E-state index contributed by atoms with van der Waals surface area (Å²) in [4.78, 5) is 26.3. The van der Waals surface area contributed by atoms with Crippen molar-refractivity contribution < 1.29 is 14.3 Å². The van der Waals surface area contributed by atoms with Gasteiger partial charge in [0.1, 0.15) is 5.75 Å². The maximum atomic E-state index is 12.3. The molecule has 0 bridgehead atoms. The van der Waals surface area contributed by atoms with Gasteiger partial charge in [-0.15, -0.1) is 0 Å². The molecule has 0 saturated carbocycles. The molecule has 23 heavy (non-hydrogen) atoms. The molecule has 0 aliphatic carbocycles. The zero-order valence-electron chi connectivity index (χ0n) is 14.2. The third kappa shape index (κ3) is 5.08. The molecule has 1 saturated heterocycles. The lowest BCUT2D eigenvalue weighted by atomic mass is 9.92. The van der Waals surface area contributed by atoms with Gasteiger partial charge in [0.25, 0.3) is 0 Å². The Hall–Kier alpha value is -1.84. The van der Waals surface area contributed by atoms with Gasteiger partial charge >= 0.3 is 0 Å². The summed E-state index contributed by atoms with van der Waals surface area (Å²) in [6.45, 7) is 3.91. The first-order valence-corrected chi connectivity index (χ1v) is 8.59. The molecule has 1 aromatic carbocycles. The highest BCUT2D eigenvalue weighted by atomic mass is 16.5. The van der Waals surface area contributed by atoms with Crippen molar-refractivity contribution in [3.8, 4) is 5.75 Å². The normalized spacial score (nSPS) is 15.5. The van der Waals surface area contributed by atoms with E-state index in [1.807, 2.05) is 4.90 Å². The lowest BCUT2D eigenvalue weighted by Gasteiger charge is -2.32. The number of nitrogens with zero attached hydrogens (tertiary/aromatic N) is 1. The Balaban J connectivity index is 1.76. The van der Waals surface area contributed by atoms with Gasteiger partial charge in [0, 0.05) is 31.5 Å². The molecule has 4 nitrogen and oxygen atoms in total. The average Bonchev–Trinajstić information content (AvgIpc) is 2.60. The fraction of sp³-hybridized carbons (Fsp3) is 0.579. The van der Waals surface area contributed by atoms with Gasteiger partial charge in [-0.2, -0.15) is 0 Å². The van der Waals surface area contributed by atoms with Gasteiger partial charge < -0.3 is 9.64 Å². The number of likely N-dealkylation sites (tertiary alicyclic amines) is 1. The quantitative estimate of drug-likeness (QED) is 0.720. The molecular weight excluding hydrogens is 290 g/mol. The molecule has 0 atom stereocenters. The second-order valence-corrected chi connectivity index (χ2v) is 6.26. The molecule has 0 radical (unpaired) electrons. The second-order valence-electron chi connectivity index (χ2n) is 6.26. The van der Waals surface area contributed by atoms with Crippen molar-refractivity contribution >= 4 is 11.7 Å². The number of hydrogen-bond donors (Lipinski definition) is 0. The zero-order valence-corrected chi connectivity index (χ0v) is 14.2. The average molecular weight is 317 g/mol. The number of rotatable bonds is 7. The highest BCUT2D eigenvalue weighted by molar-refractivity contribution is 5.98. The van der Waals surface area contributed by atoms with Gasteiger partial charge in [-0.05, 0) is 43.0 Å². The fourth-order valence-electron chi connectivity index (χ4n) is 3.18. The summed E-state index contributed by atoms with van der Waals surface area (Å²) in [6, 6.07) is 7.05. The number of methoxy groups -OCH3 is 1. The number of hydrogen-bond acceptors (Lipinski definition) is 3. The fourth-order valence-corrected chi connectivity index (χ4v) is 3.18. The Morgan fingerprint density at radius 2 is 1.78 bits per heavy atom. The highest BCUT2D eigenvalue weighted by Crippen LogP contribution is 2.22. The lowest BCUT2D eigenvalue weighted by Crippen LogP contribution is -2.38. The first kappa shape index (κ1) is 17.5. The van der Waals surface area contributed by atoms with Crippen LogP contribution in [0.3, 0.4) is 0 Å². The Kier molecular flexibility index (Phi) is 6.63. The third-order valence-corrected chi connectivity index (χ3v) is 4.64. The van der Waals surface area contributed by atoms with E-state index < -0.39 is 0 Å². The molecule has 0 spiro atoms. The Bertz CT molecular complexity index is 516. The van der Waals surface area contributed by atoms with Gasteiger partial charge in [-0.1, -0.05) is 19.8 Å². The number of Topliss-reactive ketones (excluding diaryl/α,β-unsaturated/α-hetero) is 1. The minimum Gasteiger partial charge on any atom is -0.497 e. The van der Waals surface area contributed by atoms with Crippen LogP contribution in [0.25, 0.3) is 0 Å². The number of ether oxygens (including phenoxy) is 1. The van der Waals surface area contributed by atoms with Crippen molar-refractivity contribution in [1.82, 2.24) is 4.90 Å². The molecule has 1 aliphatic rings. The minimum absolute atomic E-state index is 0.0156. The Morgan fingerprint density at radius 1 is 1.13 bits per heavy atom. The van der Waals surface area contributed by atoms with Crippen LogP contribution in [0, 0.1) is 5.92 Å². The van der Waals surface area contributed by atoms with Gasteiger partial charge in [-0.25, -0.2) is 0 Å². The maximum absolute atomic E-state index is 12.3. The predicted molar refractivity (Wildman–Crippen MR) is 90.8 cm³/mol. The van der Waals surface area contributed by atoms with E-state index in [9.17, 15) is 9.59 Å². The standard InChI is InChI=1S/C19H27NO3/c1-3-4-15-11-13-20(14-12-15)19(22)10-9-18(21)16-5-7-17(23-2)8-6-16/h5-8,15H,3-4,9-14H2,1-2H3. The van der Waals surface area contributed by atoms with Gasteiger partial charge in [0.15, 0.2) is 5.78 Å². The van der Waals surface area contributed by atoms with Crippen molar-refractivity contribution in [2.45, 2.75) is 45.4 Å². The number of ketones is 1. The molecule has 0 aromatic heterocycles. The molecule has 126 valence electrons. The second kappa shape index (κ2) is 8.70. The minimum atomic E-state index is 0.0156. The van der Waals surface area contributed by atoms with E-state index >= 15 is 0 Å². The van der Waals surface area contributed by atoms with Gasteiger partial charge in [0.05, 0.1) is 7.11 Å². The summed E-state index contributed by atoms with van der Waals surface area (Å²) in [5.41, 5.74) is 0.639. The topological polar surface area (TPSA) is 46.6 Å². The predicted octanol–water partition coefficient (Wildman–Crippen LogP) is 3.70. The van der Waals surface area contributed by atoms with E-state index in [1.165, 1.54) is 12.8 Å². The first-order valence-electron chi connectivity index (χ1n) is 8.59. The van der Waals surface area contributed by atoms with Crippen molar-refractivity contribution in [1.29, 1.82) is 0 Å². The van der Waals surface area contributed by atoms with Crippen molar-refractivity contribution in [3.05, 3.63) is 29.8 Å². The molecule has 0 N–H and O–H groups in total. The number of benzene rings is 1. The molecule has 1 fully saturated rings. The van der Waals surface area contributed by atoms with Crippen molar-refractivity contribution in [2.24, 2.45) is 5.92 Å². The smallest absolute Gasteiger partial charge is 0.223 e. The first-order chi connectivity index (χ1) is 11.1. The van der Waals surface area contributed by atoms with Crippen LogP contribution in [-0.2, 0) is 4.79 Å². The summed E-state index contributed by atoms with van der Waals surface area (Å²) >= 11 is 0. The van der Waals surface area contributed by atoms with Crippen LogP contribution in [0.15, 0.2) is 24.3 Å². The largest absolute Gasteiger partial charge is 0.497 e.